The lowest BCUT2D eigenvalue weighted by Crippen LogP contribution is -2.35. The van der Waals surface area contributed by atoms with E-state index in [1.165, 1.54) is 0 Å². The van der Waals surface area contributed by atoms with Gasteiger partial charge < -0.3 is 0 Å². The van der Waals surface area contributed by atoms with Gasteiger partial charge in [0.1, 0.15) is 20.3 Å². The summed E-state index contributed by atoms with van der Waals surface area (Å²) in [4.78, 5) is 4.41. The number of nitrogens with two attached hydrogens (primary N) is 1. The van der Waals surface area contributed by atoms with E-state index in [2.05, 4.69) is 11.5 Å². The lowest BCUT2D eigenvalue weighted by Gasteiger charge is -2.16. The van der Waals surface area contributed by atoms with Gasteiger partial charge in [0, 0.05) is 0 Å². The molecule has 0 aromatic carbocycles. The first-order valence-corrected chi connectivity index (χ1v) is 1.98. The molecule has 0 saturated heterocycles. The molecule has 0 aromatic rings. The third kappa shape index (κ3) is 2.33. The molecule has 0 spiro atoms. The molecule has 0 aliphatic carbocycles. The average Bonchev–Trinajstić information content (AvgIpc) is 1.68. The quantitative estimate of drug-likeness (QED) is 0.394. The predicted octanol–water partition coefficient (Wildman–Crippen LogP) is 0.0116. The average molecular weight is 103 g/mol. The van der Waals surface area contributed by atoms with Crippen molar-refractivity contribution in [2.75, 3.05) is 14.1 Å². The molecule has 0 rings (SSSR count). The first-order chi connectivity index (χ1) is 3.12. The zero-order valence-electron chi connectivity index (χ0n) is 4.72. The monoisotopic (exact) mass is 103 g/mol. The Morgan fingerprint density at radius 3 is 2.14 bits per heavy atom. The first kappa shape index (κ1) is 6.62. The molecule has 0 heterocycles. The fourth-order valence-electron chi connectivity index (χ4n) is 0.0430. The van der Waals surface area contributed by atoms with Crippen molar-refractivity contribution in [2.45, 2.75) is 0 Å². The molecule has 0 aliphatic rings. The van der Waals surface area contributed by atoms with Gasteiger partial charge >= 0.3 is 0 Å². The van der Waals surface area contributed by atoms with E-state index < -0.39 is 0 Å². The number of hydrogen-bond acceptors (Lipinski definition) is 2. The van der Waals surface area contributed by atoms with Crippen molar-refractivity contribution in [2.24, 2.45) is 5.90 Å². The van der Waals surface area contributed by atoms with E-state index >= 15 is 0 Å². The normalized spacial score (nSPS) is 11.3. The van der Waals surface area contributed by atoms with E-state index in [4.69, 9.17) is 5.90 Å². The third-order valence-corrected chi connectivity index (χ3v) is 0.711. The molecule has 0 bridgehead atoms. The molecule has 0 unspecified atom stereocenters. The molecule has 0 atom stereocenters. The van der Waals surface area contributed by atoms with Crippen molar-refractivity contribution in [3.63, 3.8) is 0 Å². The van der Waals surface area contributed by atoms with Crippen LogP contribution in [0, 0.1) is 0 Å². The van der Waals surface area contributed by atoms with E-state index in [-0.39, 0.29) is 4.65 Å². The third-order valence-electron chi connectivity index (χ3n) is 0.711. The van der Waals surface area contributed by atoms with Crippen LogP contribution in [0.15, 0.2) is 12.8 Å². The number of hydrogen-bond donors (Lipinski definition) is 1. The van der Waals surface area contributed by atoms with Gasteiger partial charge in [-0.25, -0.2) is 0 Å². The fraction of sp³-hybridized carbons (Fsp3) is 0.500. The second-order valence-electron chi connectivity index (χ2n) is 1.72. The van der Waals surface area contributed by atoms with E-state index in [1.54, 1.807) is 20.3 Å². The SMILES string of the molecule is C=C[N+](C)(C)ON. The number of rotatable bonds is 2. The molecule has 3 heteroatoms. The summed E-state index contributed by atoms with van der Waals surface area (Å²) in [6.07, 6.45) is 1.58. The highest BCUT2D eigenvalue weighted by Gasteiger charge is 2.06. The highest BCUT2D eigenvalue weighted by molar-refractivity contribution is 4.44. The lowest BCUT2D eigenvalue weighted by atomic mass is 10.8. The number of quaternary nitrogens is 1. The van der Waals surface area contributed by atoms with E-state index in [9.17, 15) is 0 Å². The second kappa shape index (κ2) is 2.07. The van der Waals surface area contributed by atoms with E-state index in [0.717, 1.165) is 0 Å². The van der Waals surface area contributed by atoms with Crippen molar-refractivity contribution < 1.29 is 9.58 Å². The summed E-state index contributed by atoms with van der Waals surface area (Å²) in [6.45, 7) is 3.47. The van der Waals surface area contributed by atoms with Crippen LogP contribution in [0.25, 0.3) is 0 Å². The zero-order valence-corrected chi connectivity index (χ0v) is 4.72. The van der Waals surface area contributed by atoms with Gasteiger partial charge in [-0.15, -0.1) is 9.58 Å². The molecule has 7 heavy (non-hydrogen) atoms. The van der Waals surface area contributed by atoms with E-state index in [0.29, 0.717) is 0 Å². The van der Waals surface area contributed by atoms with Crippen LogP contribution in [0.2, 0.25) is 0 Å². The smallest absolute Gasteiger partial charge is 0.122 e. The number of nitrogens with zero attached hydrogens (tertiary/aromatic N) is 1. The Kier molecular flexibility index (Phi) is 1.95. The topological polar surface area (TPSA) is 35.2 Å². The van der Waals surface area contributed by atoms with Crippen molar-refractivity contribution in [3.8, 4) is 0 Å². The van der Waals surface area contributed by atoms with Gasteiger partial charge in [-0.05, 0) is 6.58 Å². The van der Waals surface area contributed by atoms with Crippen LogP contribution in [-0.2, 0) is 4.94 Å². The highest BCUT2D eigenvalue weighted by atomic mass is 16.8. The summed E-state index contributed by atoms with van der Waals surface area (Å²) >= 11 is 0. The van der Waals surface area contributed by atoms with Gasteiger partial charge in [-0.1, -0.05) is 0 Å². The second-order valence-corrected chi connectivity index (χ2v) is 1.72. The minimum Gasteiger partial charge on any atom is -0.160 e. The van der Waals surface area contributed by atoms with Crippen LogP contribution in [0.3, 0.4) is 0 Å². The van der Waals surface area contributed by atoms with Gasteiger partial charge in [0.2, 0.25) is 0 Å². The lowest BCUT2D eigenvalue weighted by molar-refractivity contribution is -1.04. The van der Waals surface area contributed by atoms with Crippen molar-refractivity contribution in [3.05, 3.63) is 12.8 Å². The Morgan fingerprint density at radius 1 is 1.71 bits per heavy atom. The van der Waals surface area contributed by atoms with Crippen molar-refractivity contribution in [1.29, 1.82) is 0 Å². The van der Waals surface area contributed by atoms with Crippen LogP contribution < -0.4 is 5.90 Å². The van der Waals surface area contributed by atoms with Gasteiger partial charge in [0.05, 0.1) is 0 Å². The zero-order chi connectivity index (χ0) is 5.91. The summed E-state index contributed by atoms with van der Waals surface area (Å²) in [5.74, 6) is 4.82. The Morgan fingerprint density at radius 2 is 2.14 bits per heavy atom. The molecule has 0 saturated carbocycles. The summed E-state index contributed by atoms with van der Waals surface area (Å²) in [6, 6.07) is 0. The molecule has 0 amide bonds. The maximum Gasteiger partial charge on any atom is 0.122 e. The van der Waals surface area contributed by atoms with E-state index in [1.807, 2.05) is 0 Å². The van der Waals surface area contributed by atoms with Crippen molar-refractivity contribution in [1.82, 2.24) is 0 Å². The minimum absolute atomic E-state index is 0.181. The Balaban J connectivity index is 3.58. The standard InChI is InChI=1S/C4H11N2O/c1-4-6(2,3)7-5/h4H,1,5H2,2-3H3/q+1. The number of hydroxylamine groups is 3. The maximum absolute atomic E-state index is 4.82. The molecule has 0 aromatic heterocycles. The largest absolute Gasteiger partial charge is 0.160 e. The molecule has 42 valence electrons. The van der Waals surface area contributed by atoms with Crippen molar-refractivity contribution >= 4 is 0 Å². The summed E-state index contributed by atoms with van der Waals surface area (Å²) in [5.41, 5.74) is 0. The van der Waals surface area contributed by atoms with Crippen LogP contribution in [-0.4, -0.2) is 18.7 Å². The van der Waals surface area contributed by atoms with Crippen LogP contribution in [0.4, 0.5) is 0 Å². The summed E-state index contributed by atoms with van der Waals surface area (Å²) in [5, 5.41) is 0. The van der Waals surface area contributed by atoms with Crippen LogP contribution in [0.1, 0.15) is 0 Å². The Bertz CT molecular complexity index is 70.1. The molecule has 0 fully saturated rings. The summed E-state index contributed by atoms with van der Waals surface area (Å²) in [7, 11) is 3.54. The maximum atomic E-state index is 4.82. The summed E-state index contributed by atoms with van der Waals surface area (Å²) < 4.78 is 0.181. The molecular formula is C4H11N2O+. The minimum atomic E-state index is 0.181. The molecular weight excluding hydrogens is 92.1 g/mol. The van der Waals surface area contributed by atoms with Gasteiger partial charge in [0.25, 0.3) is 0 Å². The fourth-order valence-corrected chi connectivity index (χ4v) is 0.0430. The van der Waals surface area contributed by atoms with Gasteiger partial charge in [0.15, 0.2) is 0 Å². The molecule has 0 radical (unpaired) electrons. The first-order valence-electron chi connectivity index (χ1n) is 1.98. The predicted molar refractivity (Wildman–Crippen MR) is 27.6 cm³/mol. The molecule has 0 aliphatic heterocycles. The Labute approximate surface area is 43.5 Å². The van der Waals surface area contributed by atoms with Crippen LogP contribution in [0.5, 0.6) is 0 Å². The molecule has 3 nitrogen and oxygen atoms in total. The highest BCUT2D eigenvalue weighted by Crippen LogP contribution is 1.91. The molecule has 2 N–H and O–H groups in total. The van der Waals surface area contributed by atoms with Gasteiger partial charge in [-0.2, -0.15) is 5.90 Å². The Hall–Kier alpha value is -0.380. The van der Waals surface area contributed by atoms with Gasteiger partial charge in [-0.3, -0.25) is 0 Å². The van der Waals surface area contributed by atoms with Crippen LogP contribution >= 0.6 is 0 Å².